The Hall–Kier alpha value is -3.07. The van der Waals surface area contributed by atoms with Gasteiger partial charge in [-0.3, -0.25) is 9.69 Å². The predicted octanol–water partition coefficient (Wildman–Crippen LogP) is 4.54. The van der Waals surface area contributed by atoms with Gasteiger partial charge < -0.3 is 10.1 Å². The van der Waals surface area contributed by atoms with E-state index in [0.29, 0.717) is 12.1 Å². The van der Waals surface area contributed by atoms with Crippen LogP contribution in [0.2, 0.25) is 0 Å². The summed E-state index contributed by atoms with van der Waals surface area (Å²) in [6, 6.07) is 16.3. The summed E-state index contributed by atoms with van der Waals surface area (Å²) >= 11 is 1.72. The maximum absolute atomic E-state index is 13.6. The molecule has 1 amide bonds. The third-order valence-electron chi connectivity index (χ3n) is 6.18. The lowest BCUT2D eigenvalue weighted by Crippen LogP contribution is -2.43. The van der Waals surface area contributed by atoms with Gasteiger partial charge in [-0.15, -0.1) is 11.3 Å². The molecular weight excluding hydrogens is 446 g/mol. The first-order valence-corrected chi connectivity index (χ1v) is 12.6. The molecule has 4 heterocycles. The molecule has 176 valence electrons. The Morgan fingerprint density at radius 1 is 1.15 bits per heavy atom. The highest BCUT2D eigenvalue weighted by Gasteiger charge is 2.25. The van der Waals surface area contributed by atoms with Crippen LogP contribution in [0.1, 0.15) is 41.2 Å². The molecule has 0 aliphatic carbocycles. The Morgan fingerprint density at radius 2 is 1.94 bits per heavy atom. The minimum absolute atomic E-state index is 0.109. The van der Waals surface area contributed by atoms with Gasteiger partial charge in [0.2, 0.25) is 0 Å². The summed E-state index contributed by atoms with van der Waals surface area (Å²) < 4.78 is 7.42. The Balaban J connectivity index is 1.47. The Kier molecular flexibility index (Phi) is 6.71. The number of nitrogens with one attached hydrogen (secondary N) is 1. The number of ether oxygens (including phenoxy) is 1. The van der Waals surface area contributed by atoms with Crippen molar-refractivity contribution in [2.75, 3.05) is 32.8 Å². The topological polar surface area (TPSA) is 72.3 Å². The lowest BCUT2D eigenvalue weighted by molar-refractivity contribution is 0.0169. The second-order valence-electron chi connectivity index (χ2n) is 8.73. The zero-order chi connectivity index (χ0) is 23.5. The summed E-state index contributed by atoms with van der Waals surface area (Å²) in [5.74, 6) is -0.109. The van der Waals surface area contributed by atoms with E-state index in [1.807, 2.05) is 41.1 Å². The molecule has 1 aliphatic rings. The van der Waals surface area contributed by atoms with E-state index in [9.17, 15) is 4.79 Å². The molecule has 4 aromatic rings. The number of amides is 1. The highest BCUT2D eigenvalue weighted by Crippen LogP contribution is 2.28. The van der Waals surface area contributed by atoms with Crippen molar-refractivity contribution in [3.63, 3.8) is 0 Å². The molecule has 0 radical (unpaired) electrons. The van der Waals surface area contributed by atoms with E-state index in [1.165, 1.54) is 4.88 Å². The number of pyridine rings is 1. The number of hydrogen-bond acceptors (Lipinski definition) is 6. The van der Waals surface area contributed by atoms with Gasteiger partial charge in [0.25, 0.3) is 5.91 Å². The van der Waals surface area contributed by atoms with Gasteiger partial charge in [0.1, 0.15) is 0 Å². The highest BCUT2D eigenvalue weighted by molar-refractivity contribution is 7.10. The van der Waals surface area contributed by atoms with Gasteiger partial charge in [-0.25, -0.2) is 9.67 Å². The summed E-state index contributed by atoms with van der Waals surface area (Å²) in [6.07, 6.45) is 1.75. The monoisotopic (exact) mass is 475 g/mol. The van der Waals surface area contributed by atoms with Gasteiger partial charge in [-0.1, -0.05) is 36.4 Å². The van der Waals surface area contributed by atoms with Crippen molar-refractivity contribution in [3.8, 4) is 11.3 Å². The fourth-order valence-electron chi connectivity index (χ4n) is 4.40. The van der Waals surface area contributed by atoms with Crippen molar-refractivity contribution in [1.82, 2.24) is 25.0 Å². The quantitative estimate of drug-likeness (QED) is 0.425. The summed E-state index contributed by atoms with van der Waals surface area (Å²) in [7, 11) is 0. The smallest absolute Gasteiger partial charge is 0.252 e. The molecule has 1 aromatic carbocycles. The largest absolute Gasteiger partial charge is 0.379 e. The standard InChI is InChI=1S/C26H29N5O2S/c1-18(2)31-25-21(16-28-31)20(15-22(29-25)19-7-4-3-5-8-19)26(32)27-17-23(24-9-6-14-34-24)30-10-12-33-13-11-30/h3-9,14-16,18,23H,10-13,17H2,1-2H3,(H,27,32)/t23-/m0/s1. The number of aromatic nitrogens is 3. The zero-order valence-corrected chi connectivity index (χ0v) is 20.3. The van der Waals surface area contributed by atoms with Gasteiger partial charge in [0, 0.05) is 36.1 Å². The van der Waals surface area contributed by atoms with Gasteiger partial charge in [0.05, 0.1) is 42.1 Å². The van der Waals surface area contributed by atoms with Crippen molar-refractivity contribution in [2.45, 2.75) is 25.9 Å². The van der Waals surface area contributed by atoms with E-state index in [4.69, 9.17) is 9.72 Å². The predicted molar refractivity (Wildman–Crippen MR) is 135 cm³/mol. The fraction of sp³-hybridized carbons (Fsp3) is 0.346. The van der Waals surface area contributed by atoms with Crippen molar-refractivity contribution in [2.24, 2.45) is 0 Å². The van der Waals surface area contributed by atoms with Gasteiger partial charge in [-0.2, -0.15) is 5.10 Å². The number of nitrogens with zero attached hydrogens (tertiary/aromatic N) is 4. The lowest BCUT2D eigenvalue weighted by atomic mass is 10.1. The fourth-order valence-corrected chi connectivity index (χ4v) is 5.27. The number of rotatable bonds is 7. The lowest BCUT2D eigenvalue weighted by Gasteiger charge is -2.34. The molecule has 1 fully saturated rings. The van der Waals surface area contributed by atoms with E-state index in [-0.39, 0.29) is 18.0 Å². The molecule has 0 spiro atoms. The molecular formula is C26H29N5O2S. The van der Waals surface area contributed by atoms with Crippen LogP contribution >= 0.6 is 11.3 Å². The minimum Gasteiger partial charge on any atom is -0.379 e. The molecule has 0 unspecified atom stereocenters. The number of hydrogen-bond donors (Lipinski definition) is 1. The first-order valence-electron chi connectivity index (χ1n) is 11.7. The number of fused-ring (bicyclic) bond motifs is 1. The van der Waals surface area contributed by atoms with Crippen molar-refractivity contribution in [3.05, 3.63) is 70.5 Å². The average molecular weight is 476 g/mol. The summed E-state index contributed by atoms with van der Waals surface area (Å²) in [4.78, 5) is 22.1. The first kappa shape index (κ1) is 22.7. The Bertz CT molecular complexity index is 1250. The maximum atomic E-state index is 13.6. The van der Waals surface area contributed by atoms with Crippen LogP contribution in [-0.2, 0) is 4.74 Å². The summed E-state index contributed by atoms with van der Waals surface area (Å²) in [6.45, 7) is 7.82. The summed E-state index contributed by atoms with van der Waals surface area (Å²) in [5.41, 5.74) is 3.07. The van der Waals surface area contributed by atoms with Crippen LogP contribution in [0.3, 0.4) is 0 Å². The van der Waals surface area contributed by atoms with E-state index < -0.39 is 0 Å². The third-order valence-corrected chi connectivity index (χ3v) is 7.16. The molecule has 0 saturated carbocycles. The van der Waals surface area contributed by atoms with Gasteiger partial charge in [-0.05, 0) is 31.4 Å². The van der Waals surface area contributed by atoms with Gasteiger partial charge >= 0.3 is 0 Å². The average Bonchev–Trinajstić information content (AvgIpc) is 3.55. The molecule has 3 aromatic heterocycles. The van der Waals surface area contributed by atoms with Crippen LogP contribution in [0, 0.1) is 0 Å². The third kappa shape index (κ3) is 4.61. The number of benzene rings is 1. The molecule has 5 rings (SSSR count). The van der Waals surface area contributed by atoms with E-state index >= 15 is 0 Å². The molecule has 1 aliphatic heterocycles. The normalized spacial score (nSPS) is 15.6. The van der Waals surface area contributed by atoms with E-state index in [1.54, 1.807) is 17.5 Å². The molecule has 7 nitrogen and oxygen atoms in total. The van der Waals surface area contributed by atoms with Crippen LogP contribution in [0.5, 0.6) is 0 Å². The second-order valence-corrected chi connectivity index (χ2v) is 9.71. The number of morpholine rings is 1. The molecule has 1 N–H and O–H groups in total. The van der Waals surface area contributed by atoms with E-state index in [2.05, 4.69) is 46.7 Å². The zero-order valence-electron chi connectivity index (χ0n) is 19.5. The van der Waals surface area contributed by atoms with Crippen molar-refractivity contribution < 1.29 is 9.53 Å². The first-order chi connectivity index (χ1) is 16.6. The maximum Gasteiger partial charge on any atom is 0.252 e. The van der Waals surface area contributed by atoms with Crippen molar-refractivity contribution in [1.29, 1.82) is 0 Å². The Morgan fingerprint density at radius 3 is 2.65 bits per heavy atom. The van der Waals surface area contributed by atoms with Crippen LogP contribution in [-0.4, -0.2) is 58.4 Å². The molecule has 1 saturated heterocycles. The van der Waals surface area contributed by atoms with Gasteiger partial charge in [0.15, 0.2) is 5.65 Å². The van der Waals surface area contributed by atoms with Crippen LogP contribution in [0.4, 0.5) is 0 Å². The van der Waals surface area contributed by atoms with Crippen molar-refractivity contribution >= 4 is 28.3 Å². The number of carbonyl (C=O) groups excluding carboxylic acids is 1. The molecule has 8 heteroatoms. The number of thiophene rings is 1. The highest BCUT2D eigenvalue weighted by atomic mass is 32.1. The molecule has 34 heavy (non-hydrogen) atoms. The Labute approximate surface area is 203 Å². The number of carbonyl (C=O) groups is 1. The van der Waals surface area contributed by atoms with Crippen LogP contribution in [0.25, 0.3) is 22.3 Å². The molecule has 1 atom stereocenters. The molecule has 0 bridgehead atoms. The van der Waals surface area contributed by atoms with E-state index in [0.717, 1.165) is 48.6 Å². The SMILES string of the molecule is CC(C)n1ncc2c(C(=O)NC[C@@H](c3cccs3)N3CCOCC3)cc(-c3ccccc3)nc21. The summed E-state index contributed by atoms with van der Waals surface area (Å²) in [5, 5.41) is 10.6. The minimum atomic E-state index is -0.109. The second kappa shape index (κ2) is 10.0. The van der Waals surface area contributed by atoms with Crippen LogP contribution in [0.15, 0.2) is 60.1 Å². The van der Waals surface area contributed by atoms with Crippen LogP contribution < -0.4 is 5.32 Å².